The number of aliphatic hydroxyl groups is 1. The highest BCUT2D eigenvalue weighted by Crippen LogP contribution is 2.40. The number of carbonyl (C=O) groups is 2. The van der Waals surface area contributed by atoms with Crippen molar-refractivity contribution >= 4 is 11.7 Å². The highest BCUT2D eigenvalue weighted by atomic mass is 16.5. The topological polar surface area (TPSA) is 80.0 Å². The standard InChI is InChI=1S/C21H23NO5/c1-12(2)19(23)17-18(16-10-5-13(3)27-16)22(21(25)20(17)24)11-14-6-8-15(26-4)9-7-14/h5-10,12,18,24H,11H2,1-4H3. The Morgan fingerprint density at radius 3 is 2.41 bits per heavy atom. The largest absolute Gasteiger partial charge is 0.503 e. The SMILES string of the molecule is COc1ccc(CN2C(=O)C(O)=C(C(=O)C(C)C)C2c2ccc(C)o2)cc1. The van der Waals surface area contributed by atoms with Gasteiger partial charge in [0.2, 0.25) is 0 Å². The molecule has 0 saturated heterocycles. The molecule has 0 fully saturated rings. The lowest BCUT2D eigenvalue weighted by atomic mass is 9.94. The highest BCUT2D eigenvalue weighted by molar-refractivity contribution is 6.09. The second kappa shape index (κ2) is 7.31. The Morgan fingerprint density at radius 1 is 1.22 bits per heavy atom. The number of Topliss-reactive ketones (excluding diaryl/α,β-unsaturated/α-hetero) is 1. The van der Waals surface area contributed by atoms with Crippen LogP contribution in [0.3, 0.4) is 0 Å². The number of methoxy groups -OCH3 is 1. The van der Waals surface area contributed by atoms with E-state index in [0.717, 1.165) is 5.56 Å². The first-order valence-electron chi connectivity index (χ1n) is 8.81. The van der Waals surface area contributed by atoms with Crippen molar-refractivity contribution in [3.63, 3.8) is 0 Å². The predicted molar refractivity (Wildman–Crippen MR) is 99.2 cm³/mol. The van der Waals surface area contributed by atoms with Crippen molar-refractivity contribution in [1.82, 2.24) is 4.90 Å². The molecule has 1 amide bonds. The molecule has 6 heteroatoms. The van der Waals surface area contributed by atoms with Crippen LogP contribution in [0, 0.1) is 12.8 Å². The van der Waals surface area contributed by atoms with Gasteiger partial charge < -0.3 is 19.2 Å². The van der Waals surface area contributed by atoms with E-state index >= 15 is 0 Å². The first-order valence-corrected chi connectivity index (χ1v) is 8.81. The maximum absolute atomic E-state index is 12.8. The van der Waals surface area contributed by atoms with Gasteiger partial charge in [-0.2, -0.15) is 0 Å². The number of hydrogen-bond donors (Lipinski definition) is 1. The number of aryl methyl sites for hydroxylation is 1. The second-order valence-electron chi connectivity index (χ2n) is 6.91. The number of aliphatic hydroxyl groups excluding tert-OH is 1. The van der Waals surface area contributed by atoms with E-state index in [1.807, 2.05) is 12.1 Å². The van der Waals surface area contributed by atoms with Crippen molar-refractivity contribution in [2.24, 2.45) is 5.92 Å². The number of rotatable bonds is 6. The summed E-state index contributed by atoms with van der Waals surface area (Å²) in [5.41, 5.74) is 0.946. The normalized spacial score (nSPS) is 17.1. The highest BCUT2D eigenvalue weighted by Gasteiger charge is 2.45. The van der Waals surface area contributed by atoms with Gasteiger partial charge in [-0.25, -0.2) is 0 Å². The molecule has 6 nitrogen and oxygen atoms in total. The molecule has 3 rings (SSSR count). The van der Waals surface area contributed by atoms with E-state index < -0.39 is 17.7 Å². The number of carbonyl (C=O) groups excluding carboxylic acids is 2. The number of furan rings is 1. The van der Waals surface area contributed by atoms with Crippen LogP contribution in [0.15, 0.2) is 52.1 Å². The Morgan fingerprint density at radius 2 is 1.89 bits per heavy atom. The smallest absolute Gasteiger partial charge is 0.290 e. The fraction of sp³-hybridized carbons (Fsp3) is 0.333. The van der Waals surface area contributed by atoms with Crippen molar-refractivity contribution < 1.29 is 23.8 Å². The maximum Gasteiger partial charge on any atom is 0.290 e. The van der Waals surface area contributed by atoms with Crippen LogP contribution in [0.25, 0.3) is 0 Å². The third-order valence-corrected chi connectivity index (χ3v) is 4.64. The van der Waals surface area contributed by atoms with Gasteiger partial charge in [-0.15, -0.1) is 0 Å². The van der Waals surface area contributed by atoms with E-state index in [1.165, 1.54) is 4.90 Å². The van der Waals surface area contributed by atoms with Gasteiger partial charge in [-0.3, -0.25) is 9.59 Å². The first-order chi connectivity index (χ1) is 12.8. The molecule has 142 valence electrons. The van der Waals surface area contributed by atoms with Crippen LogP contribution in [0.4, 0.5) is 0 Å². The molecule has 27 heavy (non-hydrogen) atoms. The summed E-state index contributed by atoms with van der Waals surface area (Å²) in [5, 5.41) is 10.5. The molecule has 1 aliphatic heterocycles. The van der Waals surface area contributed by atoms with Crippen molar-refractivity contribution in [3.05, 3.63) is 64.8 Å². The van der Waals surface area contributed by atoms with Crippen molar-refractivity contribution in [1.29, 1.82) is 0 Å². The minimum atomic E-state index is -0.747. The monoisotopic (exact) mass is 369 g/mol. The van der Waals surface area contributed by atoms with Gasteiger partial charge in [0.1, 0.15) is 23.3 Å². The molecular weight excluding hydrogens is 346 g/mol. The zero-order valence-corrected chi connectivity index (χ0v) is 15.9. The van der Waals surface area contributed by atoms with Gasteiger partial charge >= 0.3 is 0 Å². The van der Waals surface area contributed by atoms with Crippen LogP contribution in [0.2, 0.25) is 0 Å². The molecule has 1 atom stereocenters. The van der Waals surface area contributed by atoms with Crippen LogP contribution < -0.4 is 4.74 Å². The van der Waals surface area contributed by atoms with E-state index in [-0.39, 0.29) is 23.8 Å². The summed E-state index contributed by atoms with van der Waals surface area (Å²) in [5.74, 6) is 0.148. The molecule has 1 N–H and O–H groups in total. The minimum Gasteiger partial charge on any atom is -0.503 e. The van der Waals surface area contributed by atoms with E-state index in [4.69, 9.17) is 9.15 Å². The quantitative estimate of drug-likeness (QED) is 0.839. The lowest BCUT2D eigenvalue weighted by Gasteiger charge is -2.25. The molecule has 2 aromatic rings. The minimum absolute atomic E-state index is 0.0952. The molecule has 0 aliphatic carbocycles. The second-order valence-corrected chi connectivity index (χ2v) is 6.91. The third kappa shape index (κ3) is 3.47. The Hall–Kier alpha value is -3.02. The van der Waals surface area contributed by atoms with Crippen molar-refractivity contribution in [3.8, 4) is 5.75 Å². The summed E-state index contributed by atoms with van der Waals surface area (Å²) in [6.07, 6.45) is 0. The summed E-state index contributed by atoms with van der Waals surface area (Å²) in [7, 11) is 1.58. The lowest BCUT2D eigenvalue weighted by Crippen LogP contribution is -2.30. The number of nitrogens with zero attached hydrogens (tertiary/aromatic N) is 1. The van der Waals surface area contributed by atoms with E-state index in [2.05, 4.69) is 0 Å². The van der Waals surface area contributed by atoms with Crippen LogP contribution in [-0.4, -0.2) is 28.8 Å². The Bertz CT molecular complexity index is 892. The number of benzene rings is 1. The average Bonchev–Trinajstić information content (AvgIpc) is 3.18. The predicted octanol–water partition coefficient (Wildman–Crippen LogP) is 3.72. The van der Waals surface area contributed by atoms with Gasteiger partial charge in [0.15, 0.2) is 11.5 Å². The molecule has 0 saturated carbocycles. The molecule has 0 bridgehead atoms. The molecular formula is C21H23NO5. The van der Waals surface area contributed by atoms with Crippen LogP contribution in [-0.2, 0) is 16.1 Å². The van der Waals surface area contributed by atoms with E-state index in [1.54, 1.807) is 52.1 Å². The number of ketones is 1. The van der Waals surface area contributed by atoms with Gasteiger partial charge in [0.05, 0.1) is 12.7 Å². The van der Waals surface area contributed by atoms with Gasteiger partial charge in [0, 0.05) is 12.5 Å². The maximum atomic E-state index is 12.8. The number of hydrogen-bond acceptors (Lipinski definition) is 5. The summed E-state index contributed by atoms with van der Waals surface area (Å²) in [6.45, 7) is 5.50. The van der Waals surface area contributed by atoms with Crippen LogP contribution in [0.5, 0.6) is 5.75 Å². The van der Waals surface area contributed by atoms with Gasteiger partial charge in [0.25, 0.3) is 5.91 Å². The summed E-state index contributed by atoms with van der Waals surface area (Å²) < 4.78 is 10.9. The zero-order valence-electron chi connectivity index (χ0n) is 15.9. The molecule has 1 aromatic heterocycles. The molecule has 0 spiro atoms. The fourth-order valence-electron chi connectivity index (χ4n) is 3.20. The first kappa shape index (κ1) is 18.8. The van der Waals surface area contributed by atoms with E-state index in [9.17, 15) is 14.7 Å². The fourth-order valence-corrected chi connectivity index (χ4v) is 3.20. The summed E-state index contributed by atoms with van der Waals surface area (Å²) in [4.78, 5) is 26.9. The van der Waals surface area contributed by atoms with Crippen LogP contribution in [0.1, 0.15) is 37.0 Å². The Labute approximate surface area is 158 Å². The molecule has 1 aliphatic rings. The Kier molecular flexibility index (Phi) is 5.08. The third-order valence-electron chi connectivity index (χ3n) is 4.64. The molecule has 2 heterocycles. The molecule has 0 radical (unpaired) electrons. The van der Waals surface area contributed by atoms with E-state index in [0.29, 0.717) is 17.3 Å². The van der Waals surface area contributed by atoms with Crippen LogP contribution >= 0.6 is 0 Å². The summed E-state index contributed by atoms with van der Waals surface area (Å²) in [6, 6.07) is 10.1. The number of ether oxygens (including phenoxy) is 1. The van der Waals surface area contributed by atoms with Crippen molar-refractivity contribution in [2.75, 3.05) is 7.11 Å². The molecule has 1 aromatic carbocycles. The zero-order chi connectivity index (χ0) is 19.7. The number of amides is 1. The Balaban J connectivity index is 2.01. The lowest BCUT2D eigenvalue weighted by molar-refractivity contribution is -0.130. The van der Waals surface area contributed by atoms with Gasteiger partial charge in [-0.05, 0) is 36.8 Å². The van der Waals surface area contributed by atoms with Gasteiger partial charge in [-0.1, -0.05) is 26.0 Å². The summed E-state index contributed by atoms with van der Waals surface area (Å²) >= 11 is 0. The average molecular weight is 369 g/mol. The van der Waals surface area contributed by atoms with Crippen molar-refractivity contribution in [2.45, 2.75) is 33.4 Å². The molecule has 1 unspecified atom stereocenters.